The first-order valence-electron chi connectivity index (χ1n) is 2.21. The molecule has 40 valence electrons. The summed E-state index contributed by atoms with van der Waals surface area (Å²) in [6, 6.07) is 0. The second kappa shape index (κ2) is 15.9. The first kappa shape index (κ1) is 15.6. The van der Waals surface area contributed by atoms with Gasteiger partial charge >= 0.3 is 23.1 Å². The smallest absolute Gasteiger partial charge is 1.00 e. The van der Waals surface area contributed by atoms with Crippen molar-refractivity contribution in [1.82, 2.24) is 0 Å². The Morgan fingerprint density at radius 3 is 1.86 bits per heavy atom. The summed E-state index contributed by atoms with van der Waals surface area (Å²) < 4.78 is 0. The van der Waals surface area contributed by atoms with Gasteiger partial charge in [0.15, 0.2) is 0 Å². The molecule has 0 nitrogen and oxygen atoms in total. The van der Waals surface area contributed by atoms with Gasteiger partial charge in [0.1, 0.15) is 0 Å². The molecule has 0 amide bonds. The molecule has 7 heavy (non-hydrogen) atoms. The third-order valence-electron chi connectivity index (χ3n) is 0.604. The van der Waals surface area contributed by atoms with Gasteiger partial charge in [0, 0.05) is 0 Å². The molecule has 0 bridgehead atoms. The van der Waals surface area contributed by atoms with Crippen LogP contribution in [0.3, 0.4) is 0 Å². The van der Waals surface area contributed by atoms with Gasteiger partial charge in [-0.3, -0.25) is 0 Å². The van der Waals surface area contributed by atoms with Crippen LogP contribution < -0.4 is 4.70 Å². The summed E-state index contributed by atoms with van der Waals surface area (Å²) in [6.07, 6.45) is 3.65. The number of rotatable bonds is 2. The molecule has 0 aromatic rings. The van der Waals surface area contributed by atoms with E-state index < -0.39 is 0 Å². The minimum absolute atomic E-state index is 0. The Balaban J connectivity index is -0.0000000800. The van der Waals surface area contributed by atoms with Gasteiger partial charge in [-0.25, -0.2) is 0 Å². The SMILES string of the molecule is [CH2-]CCCC.[F-].[Mg+2]. The minimum atomic E-state index is 0. The summed E-state index contributed by atoms with van der Waals surface area (Å²) in [5.74, 6) is 0. The first-order valence-corrected chi connectivity index (χ1v) is 2.21. The van der Waals surface area contributed by atoms with Gasteiger partial charge in [0.2, 0.25) is 0 Å². The van der Waals surface area contributed by atoms with E-state index in [9.17, 15) is 0 Å². The minimum Gasteiger partial charge on any atom is -1.00 e. The van der Waals surface area contributed by atoms with E-state index in [4.69, 9.17) is 0 Å². The maximum atomic E-state index is 3.68. The monoisotopic (exact) mass is 114 g/mol. The molecular weight excluding hydrogens is 103 g/mol. The number of hydrogen-bond donors (Lipinski definition) is 0. The third-order valence-corrected chi connectivity index (χ3v) is 0.604. The van der Waals surface area contributed by atoms with Crippen molar-refractivity contribution in [3.05, 3.63) is 6.92 Å². The first-order chi connectivity index (χ1) is 2.41. The molecule has 0 saturated carbocycles. The third kappa shape index (κ3) is 20.3. The topological polar surface area (TPSA) is 0 Å². The fourth-order valence-corrected chi connectivity index (χ4v) is 0.250. The Morgan fingerprint density at radius 2 is 1.86 bits per heavy atom. The predicted molar refractivity (Wildman–Crippen MR) is 30.6 cm³/mol. The van der Waals surface area contributed by atoms with Crippen molar-refractivity contribution in [3.63, 3.8) is 0 Å². The van der Waals surface area contributed by atoms with Gasteiger partial charge in [-0.1, -0.05) is 19.8 Å². The molecule has 0 aliphatic carbocycles. The van der Waals surface area contributed by atoms with Crippen molar-refractivity contribution < 1.29 is 4.70 Å². The van der Waals surface area contributed by atoms with Crippen LogP contribution >= 0.6 is 0 Å². The fourth-order valence-electron chi connectivity index (χ4n) is 0.250. The van der Waals surface area contributed by atoms with Crippen molar-refractivity contribution in [3.8, 4) is 0 Å². The van der Waals surface area contributed by atoms with Crippen molar-refractivity contribution >= 4 is 23.1 Å². The van der Waals surface area contributed by atoms with E-state index in [2.05, 4.69) is 13.8 Å². The molecule has 0 radical (unpaired) electrons. The van der Waals surface area contributed by atoms with Gasteiger partial charge in [-0.15, -0.1) is 0 Å². The van der Waals surface area contributed by atoms with Crippen LogP contribution in [0.15, 0.2) is 0 Å². The Labute approximate surface area is 61.2 Å². The molecule has 0 atom stereocenters. The molecule has 0 spiro atoms. The van der Waals surface area contributed by atoms with Crippen LogP contribution in [0.5, 0.6) is 0 Å². The Morgan fingerprint density at radius 1 is 1.43 bits per heavy atom. The van der Waals surface area contributed by atoms with Crippen LogP contribution in [0.4, 0.5) is 0 Å². The Hall–Kier alpha value is 0.696. The molecule has 0 fully saturated rings. The van der Waals surface area contributed by atoms with Crippen molar-refractivity contribution in [2.24, 2.45) is 0 Å². The molecular formula is C5H11FMg. The fraction of sp³-hybridized carbons (Fsp3) is 0.800. The zero-order valence-corrected chi connectivity index (χ0v) is 6.33. The van der Waals surface area contributed by atoms with Crippen LogP contribution in [0.2, 0.25) is 0 Å². The molecule has 0 aromatic heterocycles. The summed E-state index contributed by atoms with van der Waals surface area (Å²) in [5, 5.41) is 0. The van der Waals surface area contributed by atoms with Gasteiger partial charge in [0.25, 0.3) is 0 Å². The van der Waals surface area contributed by atoms with Crippen LogP contribution in [0.1, 0.15) is 26.2 Å². The molecule has 0 aliphatic rings. The van der Waals surface area contributed by atoms with Crippen molar-refractivity contribution in [1.29, 1.82) is 0 Å². The number of unbranched alkanes of at least 4 members (excludes halogenated alkanes) is 2. The normalized spacial score (nSPS) is 6.00. The maximum absolute atomic E-state index is 3.68. The summed E-state index contributed by atoms with van der Waals surface area (Å²) in [4.78, 5) is 0. The predicted octanol–water partition coefficient (Wildman–Crippen LogP) is -1.37. The van der Waals surface area contributed by atoms with Gasteiger partial charge in [-0.2, -0.15) is 6.42 Å². The molecule has 0 heterocycles. The van der Waals surface area contributed by atoms with E-state index >= 15 is 0 Å². The second-order valence-corrected chi connectivity index (χ2v) is 1.21. The van der Waals surface area contributed by atoms with Crippen molar-refractivity contribution in [2.45, 2.75) is 26.2 Å². The molecule has 2 heteroatoms. The van der Waals surface area contributed by atoms with Crippen LogP contribution in [-0.2, 0) is 0 Å². The number of halogens is 1. The summed E-state index contributed by atoms with van der Waals surface area (Å²) >= 11 is 0. The Kier molecular flexibility index (Phi) is 35.5. The zero-order valence-electron chi connectivity index (χ0n) is 4.91. The van der Waals surface area contributed by atoms with Crippen LogP contribution in [-0.4, -0.2) is 23.1 Å². The van der Waals surface area contributed by atoms with E-state index in [1.165, 1.54) is 12.8 Å². The molecule has 0 aliphatic heterocycles. The molecule has 0 unspecified atom stereocenters. The van der Waals surface area contributed by atoms with E-state index in [-0.39, 0.29) is 27.8 Å². The zero-order chi connectivity index (χ0) is 4.12. The van der Waals surface area contributed by atoms with Crippen LogP contribution in [0, 0.1) is 6.92 Å². The second-order valence-electron chi connectivity index (χ2n) is 1.21. The standard InChI is InChI=1S/C5H11.FH.Mg/c1-3-5-4-2;;/h1,3-5H2,2H3;1H;/q-1;;+2/p-1. The van der Waals surface area contributed by atoms with Gasteiger partial charge < -0.3 is 11.6 Å². The molecule has 0 saturated heterocycles. The van der Waals surface area contributed by atoms with E-state index in [1.807, 2.05) is 0 Å². The van der Waals surface area contributed by atoms with E-state index in [1.54, 1.807) is 0 Å². The quantitative estimate of drug-likeness (QED) is 0.307. The average molecular weight is 114 g/mol. The summed E-state index contributed by atoms with van der Waals surface area (Å²) in [6.45, 7) is 5.85. The average Bonchev–Trinajstić information content (AvgIpc) is 1.41. The van der Waals surface area contributed by atoms with Gasteiger partial charge in [0.05, 0.1) is 0 Å². The van der Waals surface area contributed by atoms with Crippen molar-refractivity contribution in [2.75, 3.05) is 0 Å². The van der Waals surface area contributed by atoms with Gasteiger partial charge in [-0.05, 0) is 0 Å². The maximum Gasteiger partial charge on any atom is 2.00 e. The largest absolute Gasteiger partial charge is 2.00 e. The van der Waals surface area contributed by atoms with E-state index in [0.717, 1.165) is 6.42 Å². The summed E-state index contributed by atoms with van der Waals surface area (Å²) in [7, 11) is 0. The molecule has 0 rings (SSSR count). The van der Waals surface area contributed by atoms with E-state index in [0.29, 0.717) is 0 Å². The number of hydrogen-bond acceptors (Lipinski definition) is 0. The molecule has 0 aromatic carbocycles. The summed E-state index contributed by atoms with van der Waals surface area (Å²) in [5.41, 5.74) is 0. The Bertz CT molecular complexity index is 15.6. The molecule has 0 N–H and O–H groups in total. The van der Waals surface area contributed by atoms with Crippen LogP contribution in [0.25, 0.3) is 0 Å².